The molecule has 1 aromatic rings. The smallest absolute Gasteiger partial charge is 0.275 e. The van der Waals surface area contributed by atoms with E-state index in [2.05, 4.69) is 29.8 Å². The van der Waals surface area contributed by atoms with Crippen molar-refractivity contribution in [1.29, 1.82) is 0 Å². The van der Waals surface area contributed by atoms with Gasteiger partial charge in [0.1, 0.15) is 32.7 Å². The van der Waals surface area contributed by atoms with Gasteiger partial charge >= 0.3 is 0 Å². The summed E-state index contributed by atoms with van der Waals surface area (Å²) < 4.78 is 0. The third-order valence-electron chi connectivity index (χ3n) is 5.54. The lowest BCUT2D eigenvalue weighted by atomic mass is 9.86. The van der Waals surface area contributed by atoms with Crippen LogP contribution in [0.25, 0.3) is 0 Å². The molecule has 2 atom stereocenters. The van der Waals surface area contributed by atoms with Gasteiger partial charge in [0, 0.05) is 6.04 Å². The zero-order valence-electron chi connectivity index (χ0n) is 14.3. The van der Waals surface area contributed by atoms with Gasteiger partial charge in [-0.2, -0.15) is 0 Å². The summed E-state index contributed by atoms with van der Waals surface area (Å²) in [6, 6.07) is 4.79. The molecule has 3 N–H and O–H groups in total. The maximum absolute atomic E-state index is 12.3. The van der Waals surface area contributed by atoms with Crippen LogP contribution >= 0.6 is 11.3 Å². The molecule has 1 saturated heterocycles. The molecule has 5 heteroatoms. The van der Waals surface area contributed by atoms with Crippen LogP contribution in [0.2, 0.25) is 0 Å². The van der Waals surface area contributed by atoms with E-state index in [1.807, 2.05) is 11.3 Å². The third-order valence-corrected chi connectivity index (χ3v) is 6.41. The molecule has 0 spiro atoms. The highest BCUT2D eigenvalue weighted by molar-refractivity contribution is 7.09. The molecule has 0 unspecified atom stereocenters. The van der Waals surface area contributed by atoms with E-state index in [-0.39, 0.29) is 5.91 Å². The monoisotopic (exact) mass is 337 g/mol. The average Bonchev–Trinajstić information content (AvgIpc) is 3.04. The van der Waals surface area contributed by atoms with Crippen molar-refractivity contribution in [3.63, 3.8) is 0 Å². The van der Waals surface area contributed by atoms with Crippen LogP contribution in [0.1, 0.15) is 37.5 Å². The number of carbonyl (C=O) groups is 1. The first kappa shape index (κ1) is 16.9. The minimum atomic E-state index is 0.264. The van der Waals surface area contributed by atoms with Crippen molar-refractivity contribution in [2.45, 2.75) is 45.2 Å². The van der Waals surface area contributed by atoms with Gasteiger partial charge < -0.3 is 15.1 Å². The standard InChI is InChI=1S/C18H29N3OS/c1-15-5-2-3-7-17(15)19-18(22)14-21-10-8-20(9-11-21)13-16-6-4-12-23-16/h4,6,12,15,17H,2-3,5,7-11,13-14H2,1H3,(H,19,22)/p+2/t15-,17+/m0/s1. The van der Waals surface area contributed by atoms with Crippen molar-refractivity contribution in [2.24, 2.45) is 5.92 Å². The molecule has 1 saturated carbocycles. The van der Waals surface area contributed by atoms with Crippen molar-refractivity contribution < 1.29 is 14.6 Å². The zero-order valence-corrected chi connectivity index (χ0v) is 15.1. The number of hydrogen-bond acceptors (Lipinski definition) is 2. The van der Waals surface area contributed by atoms with Gasteiger partial charge in [0.25, 0.3) is 5.91 Å². The molecular formula is C18H31N3OS+2. The molecule has 0 radical (unpaired) electrons. The first-order valence-corrected chi connectivity index (χ1v) is 10.1. The van der Waals surface area contributed by atoms with Crippen molar-refractivity contribution in [3.8, 4) is 0 Å². The molecule has 2 heterocycles. The van der Waals surface area contributed by atoms with E-state index in [0.717, 1.165) is 19.6 Å². The van der Waals surface area contributed by atoms with Gasteiger partial charge in [-0.1, -0.05) is 25.8 Å². The molecule has 1 aromatic heterocycles. The second kappa shape index (κ2) is 8.27. The molecule has 2 fully saturated rings. The maximum Gasteiger partial charge on any atom is 0.275 e. The molecule has 0 bridgehead atoms. The van der Waals surface area contributed by atoms with E-state index < -0.39 is 0 Å². The SMILES string of the molecule is C[C@H]1CCCC[C@H]1NC(=O)C[NH+]1CC[NH+](Cc2cccs2)CC1. The summed E-state index contributed by atoms with van der Waals surface area (Å²) in [5.41, 5.74) is 0. The minimum absolute atomic E-state index is 0.264. The van der Waals surface area contributed by atoms with Crippen LogP contribution in [-0.4, -0.2) is 44.7 Å². The molecule has 23 heavy (non-hydrogen) atoms. The summed E-state index contributed by atoms with van der Waals surface area (Å²) >= 11 is 1.86. The lowest BCUT2D eigenvalue weighted by molar-refractivity contribution is -1.01. The quantitative estimate of drug-likeness (QED) is 0.680. The summed E-state index contributed by atoms with van der Waals surface area (Å²) in [6.45, 7) is 8.69. The Labute approximate surface area is 143 Å². The fraction of sp³-hybridized carbons (Fsp3) is 0.722. The predicted octanol–water partition coefficient (Wildman–Crippen LogP) is -0.274. The third kappa shape index (κ3) is 5.03. The summed E-state index contributed by atoms with van der Waals surface area (Å²) in [4.78, 5) is 16.9. The molecule has 1 aliphatic heterocycles. The summed E-state index contributed by atoms with van der Waals surface area (Å²) in [5.74, 6) is 0.912. The van der Waals surface area contributed by atoms with E-state index in [1.165, 1.54) is 48.5 Å². The van der Waals surface area contributed by atoms with Crippen LogP contribution in [-0.2, 0) is 11.3 Å². The minimum Gasteiger partial charge on any atom is -0.348 e. The molecule has 3 rings (SSSR count). The summed E-state index contributed by atoms with van der Waals surface area (Å²) in [7, 11) is 0. The average molecular weight is 338 g/mol. The lowest BCUT2D eigenvalue weighted by Crippen LogP contribution is -3.28. The summed E-state index contributed by atoms with van der Waals surface area (Å²) in [6.07, 6.45) is 5.03. The van der Waals surface area contributed by atoms with Crippen LogP contribution < -0.4 is 15.1 Å². The van der Waals surface area contributed by atoms with Crippen LogP contribution in [0.15, 0.2) is 17.5 Å². The van der Waals surface area contributed by atoms with Crippen LogP contribution in [0.4, 0.5) is 0 Å². The molecule has 128 valence electrons. The Morgan fingerprint density at radius 3 is 2.65 bits per heavy atom. The van der Waals surface area contributed by atoms with Crippen molar-refractivity contribution in [1.82, 2.24) is 5.32 Å². The van der Waals surface area contributed by atoms with Gasteiger partial charge in [-0.25, -0.2) is 0 Å². The van der Waals surface area contributed by atoms with Crippen LogP contribution in [0.3, 0.4) is 0 Å². The van der Waals surface area contributed by atoms with E-state index >= 15 is 0 Å². The second-order valence-corrected chi connectivity index (χ2v) is 8.40. The van der Waals surface area contributed by atoms with Gasteiger partial charge in [0.2, 0.25) is 0 Å². The number of amides is 1. The van der Waals surface area contributed by atoms with Gasteiger partial charge in [-0.15, -0.1) is 11.3 Å². The number of thiophene rings is 1. The topological polar surface area (TPSA) is 38.0 Å². The fourth-order valence-electron chi connectivity index (χ4n) is 3.99. The van der Waals surface area contributed by atoms with Crippen LogP contribution in [0.5, 0.6) is 0 Å². The highest BCUT2D eigenvalue weighted by Gasteiger charge is 2.27. The Morgan fingerprint density at radius 2 is 1.96 bits per heavy atom. The predicted molar refractivity (Wildman–Crippen MR) is 93.8 cm³/mol. The highest BCUT2D eigenvalue weighted by atomic mass is 32.1. The molecule has 0 aromatic carbocycles. The first-order valence-electron chi connectivity index (χ1n) is 9.19. The maximum atomic E-state index is 12.3. The van der Waals surface area contributed by atoms with E-state index in [0.29, 0.717) is 18.5 Å². The largest absolute Gasteiger partial charge is 0.348 e. The number of hydrogen-bond donors (Lipinski definition) is 3. The fourth-order valence-corrected chi connectivity index (χ4v) is 4.76. The molecule has 1 aliphatic carbocycles. The Bertz CT molecular complexity index is 482. The number of nitrogens with one attached hydrogen (secondary N) is 3. The van der Waals surface area contributed by atoms with Crippen molar-refractivity contribution in [2.75, 3.05) is 32.7 Å². The van der Waals surface area contributed by atoms with E-state index in [9.17, 15) is 4.79 Å². The lowest BCUT2D eigenvalue weighted by Gasteiger charge is -2.31. The number of carbonyl (C=O) groups excluding carboxylic acids is 1. The van der Waals surface area contributed by atoms with Gasteiger partial charge in [-0.05, 0) is 30.2 Å². The zero-order chi connectivity index (χ0) is 16.1. The molecule has 4 nitrogen and oxygen atoms in total. The number of piperazine rings is 1. The van der Waals surface area contributed by atoms with E-state index in [1.54, 1.807) is 4.90 Å². The van der Waals surface area contributed by atoms with E-state index in [4.69, 9.17) is 0 Å². The second-order valence-electron chi connectivity index (χ2n) is 7.37. The van der Waals surface area contributed by atoms with Crippen LogP contribution in [0, 0.1) is 5.92 Å². The Morgan fingerprint density at radius 1 is 1.22 bits per heavy atom. The van der Waals surface area contributed by atoms with Gasteiger partial charge in [-0.3, -0.25) is 4.79 Å². The Kier molecular flexibility index (Phi) is 6.08. The van der Waals surface area contributed by atoms with Crippen molar-refractivity contribution >= 4 is 17.2 Å². The first-order chi connectivity index (χ1) is 11.2. The Balaban J connectivity index is 1.37. The number of quaternary nitrogens is 2. The molecule has 1 amide bonds. The normalized spacial score (nSPS) is 31.7. The van der Waals surface area contributed by atoms with Crippen molar-refractivity contribution in [3.05, 3.63) is 22.4 Å². The van der Waals surface area contributed by atoms with Gasteiger partial charge in [0.05, 0.1) is 4.88 Å². The highest BCUT2D eigenvalue weighted by Crippen LogP contribution is 2.23. The summed E-state index contributed by atoms with van der Waals surface area (Å²) in [5, 5.41) is 5.46. The molecular weight excluding hydrogens is 306 g/mol. The Hall–Kier alpha value is -0.910. The number of rotatable bonds is 5. The molecule has 2 aliphatic rings. The van der Waals surface area contributed by atoms with Gasteiger partial charge in [0.15, 0.2) is 6.54 Å².